The number of halogens is 1. The van der Waals surface area contributed by atoms with Crippen LogP contribution in [0.2, 0.25) is 5.02 Å². The van der Waals surface area contributed by atoms with Gasteiger partial charge >= 0.3 is 0 Å². The van der Waals surface area contributed by atoms with Gasteiger partial charge in [-0.1, -0.05) is 32.4 Å². The molecule has 72 valence electrons. The van der Waals surface area contributed by atoms with E-state index in [-0.39, 0.29) is 5.41 Å². The van der Waals surface area contributed by atoms with Crippen molar-refractivity contribution in [3.8, 4) is 0 Å². The van der Waals surface area contributed by atoms with E-state index in [1.54, 1.807) is 6.07 Å². The number of anilines is 1. The summed E-state index contributed by atoms with van der Waals surface area (Å²) in [7, 11) is 0. The van der Waals surface area contributed by atoms with Crippen LogP contribution in [0.4, 0.5) is 5.82 Å². The fraction of sp³-hybridized carbons (Fsp3) is 0.500. The lowest BCUT2D eigenvalue weighted by Crippen LogP contribution is -2.15. The van der Waals surface area contributed by atoms with Crippen molar-refractivity contribution in [2.45, 2.75) is 33.1 Å². The minimum atomic E-state index is 0.0157. The second kappa shape index (κ2) is 3.18. The summed E-state index contributed by atoms with van der Waals surface area (Å²) in [5.41, 5.74) is 7.58. The molecule has 0 aromatic carbocycles. The Morgan fingerprint density at radius 1 is 1.38 bits per heavy atom. The van der Waals surface area contributed by atoms with Gasteiger partial charge in [-0.2, -0.15) is 0 Å². The highest BCUT2D eigenvalue weighted by molar-refractivity contribution is 6.31. The number of nitrogen functional groups attached to an aromatic ring is 1. The van der Waals surface area contributed by atoms with Crippen LogP contribution in [0, 0.1) is 6.92 Å². The molecular weight excluding hydrogens is 184 g/mol. The Balaban J connectivity index is 3.38. The zero-order chi connectivity index (χ0) is 10.2. The van der Waals surface area contributed by atoms with Crippen LogP contribution in [0.15, 0.2) is 6.07 Å². The van der Waals surface area contributed by atoms with Gasteiger partial charge in [0.2, 0.25) is 0 Å². The van der Waals surface area contributed by atoms with Gasteiger partial charge in [-0.25, -0.2) is 4.98 Å². The molecule has 0 unspecified atom stereocenters. The molecule has 0 radical (unpaired) electrons. The normalized spacial score (nSPS) is 11.8. The van der Waals surface area contributed by atoms with Crippen molar-refractivity contribution in [2.24, 2.45) is 0 Å². The van der Waals surface area contributed by atoms with Crippen molar-refractivity contribution in [1.82, 2.24) is 4.98 Å². The molecule has 0 fully saturated rings. The van der Waals surface area contributed by atoms with Gasteiger partial charge in [0.1, 0.15) is 5.82 Å². The first-order valence-corrected chi connectivity index (χ1v) is 4.63. The zero-order valence-electron chi connectivity index (χ0n) is 8.48. The lowest BCUT2D eigenvalue weighted by Gasteiger charge is -2.22. The van der Waals surface area contributed by atoms with Crippen LogP contribution in [0.5, 0.6) is 0 Å². The lowest BCUT2D eigenvalue weighted by atomic mass is 9.86. The van der Waals surface area contributed by atoms with Crippen LogP contribution >= 0.6 is 11.6 Å². The third kappa shape index (κ3) is 2.13. The molecule has 13 heavy (non-hydrogen) atoms. The van der Waals surface area contributed by atoms with Crippen LogP contribution in [0.1, 0.15) is 32.0 Å². The molecule has 0 aliphatic heterocycles. The fourth-order valence-electron chi connectivity index (χ4n) is 1.56. The smallest absolute Gasteiger partial charge is 0.125 e. The quantitative estimate of drug-likeness (QED) is 0.696. The molecule has 2 nitrogen and oxygen atoms in total. The Morgan fingerprint density at radius 3 is 2.31 bits per heavy atom. The number of hydrogen-bond acceptors (Lipinski definition) is 2. The fourth-order valence-corrected chi connectivity index (χ4v) is 2.09. The molecule has 1 aromatic rings. The van der Waals surface area contributed by atoms with E-state index >= 15 is 0 Å². The van der Waals surface area contributed by atoms with E-state index in [1.165, 1.54) is 0 Å². The molecule has 0 amide bonds. The van der Waals surface area contributed by atoms with E-state index in [0.717, 1.165) is 11.3 Å². The molecule has 0 spiro atoms. The maximum absolute atomic E-state index is 6.10. The monoisotopic (exact) mass is 198 g/mol. The van der Waals surface area contributed by atoms with Crippen molar-refractivity contribution < 1.29 is 0 Å². The molecule has 0 saturated carbocycles. The molecule has 1 rings (SSSR count). The topological polar surface area (TPSA) is 38.9 Å². The predicted molar refractivity (Wildman–Crippen MR) is 57.1 cm³/mol. The molecule has 1 aromatic heterocycles. The summed E-state index contributed by atoms with van der Waals surface area (Å²) < 4.78 is 0. The van der Waals surface area contributed by atoms with Crippen molar-refractivity contribution >= 4 is 17.4 Å². The van der Waals surface area contributed by atoms with Gasteiger partial charge in [0.25, 0.3) is 0 Å². The summed E-state index contributed by atoms with van der Waals surface area (Å²) >= 11 is 6.10. The van der Waals surface area contributed by atoms with Crippen molar-refractivity contribution in [2.75, 3.05) is 5.73 Å². The molecule has 0 saturated heterocycles. The van der Waals surface area contributed by atoms with Gasteiger partial charge in [-0.15, -0.1) is 0 Å². The molecule has 0 aliphatic carbocycles. The molecule has 0 aliphatic rings. The van der Waals surface area contributed by atoms with Crippen molar-refractivity contribution in [3.63, 3.8) is 0 Å². The number of hydrogen-bond donors (Lipinski definition) is 1. The van der Waals surface area contributed by atoms with Crippen LogP contribution in [-0.4, -0.2) is 4.98 Å². The summed E-state index contributed by atoms with van der Waals surface area (Å²) in [6.07, 6.45) is 0. The summed E-state index contributed by atoms with van der Waals surface area (Å²) in [4.78, 5) is 4.19. The van der Waals surface area contributed by atoms with Gasteiger partial charge in [-0.3, -0.25) is 0 Å². The first kappa shape index (κ1) is 10.3. The van der Waals surface area contributed by atoms with Gasteiger partial charge in [-0.05, 0) is 24.0 Å². The predicted octanol–water partition coefficient (Wildman–Crippen LogP) is 2.92. The molecule has 1 heterocycles. The number of nitrogens with zero attached hydrogens (tertiary/aromatic N) is 1. The van der Waals surface area contributed by atoms with E-state index < -0.39 is 0 Å². The Morgan fingerprint density at radius 2 is 1.92 bits per heavy atom. The molecule has 0 bridgehead atoms. The average molecular weight is 199 g/mol. The second-order valence-corrected chi connectivity index (χ2v) is 4.65. The first-order valence-electron chi connectivity index (χ1n) is 4.25. The van der Waals surface area contributed by atoms with E-state index in [2.05, 4.69) is 25.8 Å². The maximum Gasteiger partial charge on any atom is 0.125 e. The van der Waals surface area contributed by atoms with Gasteiger partial charge < -0.3 is 5.73 Å². The summed E-state index contributed by atoms with van der Waals surface area (Å²) in [6.45, 7) is 8.26. The Kier molecular flexibility index (Phi) is 2.53. The van der Waals surface area contributed by atoms with Gasteiger partial charge in [0.05, 0.1) is 0 Å². The average Bonchev–Trinajstić information content (AvgIpc) is 1.78. The van der Waals surface area contributed by atoms with Crippen LogP contribution < -0.4 is 5.73 Å². The number of aryl methyl sites for hydroxylation is 1. The Hall–Kier alpha value is -0.760. The zero-order valence-corrected chi connectivity index (χ0v) is 9.24. The van der Waals surface area contributed by atoms with Gasteiger partial charge in [0, 0.05) is 10.7 Å². The Labute approximate surface area is 84.1 Å². The third-order valence-corrected chi connectivity index (χ3v) is 2.22. The number of pyridine rings is 1. The molecule has 2 N–H and O–H groups in total. The van der Waals surface area contributed by atoms with Gasteiger partial charge in [0.15, 0.2) is 0 Å². The summed E-state index contributed by atoms with van der Waals surface area (Å²) in [6, 6.07) is 1.70. The minimum Gasteiger partial charge on any atom is -0.384 e. The van der Waals surface area contributed by atoms with Crippen LogP contribution in [-0.2, 0) is 5.41 Å². The Bertz CT molecular complexity index is 303. The highest BCUT2D eigenvalue weighted by Crippen LogP contribution is 2.32. The first-order chi connectivity index (χ1) is 5.82. The highest BCUT2D eigenvalue weighted by atomic mass is 35.5. The van der Waals surface area contributed by atoms with Crippen molar-refractivity contribution in [1.29, 1.82) is 0 Å². The summed E-state index contributed by atoms with van der Waals surface area (Å²) in [5, 5.41) is 0.706. The van der Waals surface area contributed by atoms with Crippen LogP contribution in [0.3, 0.4) is 0 Å². The minimum absolute atomic E-state index is 0.0157. The summed E-state index contributed by atoms with van der Waals surface area (Å²) in [5.74, 6) is 0.482. The number of nitrogens with two attached hydrogens (primary N) is 1. The SMILES string of the molecule is Cc1nc(N)cc(Cl)c1C(C)(C)C. The highest BCUT2D eigenvalue weighted by Gasteiger charge is 2.20. The number of aromatic nitrogens is 1. The van der Waals surface area contributed by atoms with E-state index in [1.807, 2.05) is 6.92 Å². The van der Waals surface area contributed by atoms with Crippen molar-refractivity contribution in [3.05, 3.63) is 22.3 Å². The van der Waals surface area contributed by atoms with E-state index in [4.69, 9.17) is 17.3 Å². The second-order valence-electron chi connectivity index (χ2n) is 4.24. The third-order valence-electron chi connectivity index (χ3n) is 1.92. The molecule has 0 atom stereocenters. The standard InChI is InChI=1S/C10H15ClN2/c1-6-9(10(2,3)4)7(11)5-8(12)13-6/h5H,1-4H3,(H2,12,13). The van der Waals surface area contributed by atoms with Crippen LogP contribution in [0.25, 0.3) is 0 Å². The number of rotatable bonds is 0. The van der Waals surface area contributed by atoms with E-state index in [0.29, 0.717) is 10.8 Å². The maximum atomic E-state index is 6.10. The largest absolute Gasteiger partial charge is 0.384 e. The lowest BCUT2D eigenvalue weighted by molar-refractivity contribution is 0.583. The molecular formula is C10H15ClN2. The van der Waals surface area contributed by atoms with E-state index in [9.17, 15) is 0 Å². The molecule has 3 heteroatoms.